The number of aromatic nitrogens is 1. The van der Waals surface area contributed by atoms with Crippen LogP contribution in [0.3, 0.4) is 0 Å². The molecule has 116 valence electrons. The van der Waals surface area contributed by atoms with E-state index in [1.807, 2.05) is 19.1 Å². The Balaban J connectivity index is 1.66. The predicted molar refractivity (Wildman–Crippen MR) is 85.4 cm³/mol. The molecule has 0 aromatic carbocycles. The summed E-state index contributed by atoms with van der Waals surface area (Å²) in [5, 5.41) is 2.96. The molecule has 1 N–H and O–H groups in total. The Morgan fingerprint density at radius 1 is 1.33 bits per heavy atom. The van der Waals surface area contributed by atoms with Crippen molar-refractivity contribution >= 4 is 5.91 Å². The van der Waals surface area contributed by atoms with Gasteiger partial charge in [0.25, 0.3) is 5.91 Å². The molecule has 1 aliphatic carbocycles. The van der Waals surface area contributed by atoms with Crippen molar-refractivity contribution < 1.29 is 4.79 Å². The van der Waals surface area contributed by atoms with Gasteiger partial charge in [-0.15, -0.1) is 0 Å². The molecule has 1 fully saturated rings. The Kier molecular flexibility index (Phi) is 6.18. The van der Waals surface area contributed by atoms with Gasteiger partial charge in [0.05, 0.1) is 0 Å². The molecule has 1 aliphatic rings. The zero-order chi connectivity index (χ0) is 15.1. The van der Waals surface area contributed by atoms with E-state index in [-0.39, 0.29) is 5.91 Å². The number of carbonyl (C=O) groups excluding carboxylic acids is 1. The lowest BCUT2D eigenvalue weighted by Gasteiger charge is -2.31. The molecule has 4 heteroatoms. The average Bonchev–Trinajstić information content (AvgIpc) is 2.52. The summed E-state index contributed by atoms with van der Waals surface area (Å²) in [6, 6.07) is 6.27. The van der Waals surface area contributed by atoms with Crippen molar-refractivity contribution in [2.45, 2.75) is 51.5 Å². The van der Waals surface area contributed by atoms with Crippen molar-refractivity contribution in [2.24, 2.45) is 0 Å². The lowest BCUT2D eigenvalue weighted by molar-refractivity contribution is 0.0945. The second-order valence-corrected chi connectivity index (χ2v) is 6.05. The van der Waals surface area contributed by atoms with E-state index in [0.29, 0.717) is 12.2 Å². The molecule has 1 aromatic heterocycles. The van der Waals surface area contributed by atoms with Crippen LogP contribution in [-0.2, 0) is 0 Å². The number of rotatable bonds is 6. The summed E-state index contributed by atoms with van der Waals surface area (Å²) in [5.74, 6) is -0.0704. The van der Waals surface area contributed by atoms with Crippen molar-refractivity contribution in [2.75, 3.05) is 20.1 Å². The second-order valence-electron chi connectivity index (χ2n) is 6.05. The van der Waals surface area contributed by atoms with E-state index in [2.05, 4.69) is 22.2 Å². The standard InChI is InChI=1S/C17H27N3O/c1-14-8-6-11-16(19-14)17(21)18-12-7-13-20(2)15-9-4-3-5-10-15/h6,8,11,15H,3-5,7,9-10,12-13H2,1-2H3,(H,18,21). The topological polar surface area (TPSA) is 45.2 Å². The van der Waals surface area contributed by atoms with E-state index in [1.165, 1.54) is 32.1 Å². The number of amides is 1. The molecule has 1 amide bonds. The van der Waals surface area contributed by atoms with Gasteiger partial charge in [0.1, 0.15) is 5.69 Å². The number of hydrogen-bond donors (Lipinski definition) is 1. The molecular formula is C17H27N3O. The third-order valence-electron chi connectivity index (χ3n) is 4.29. The highest BCUT2D eigenvalue weighted by Crippen LogP contribution is 2.21. The van der Waals surface area contributed by atoms with Gasteiger partial charge < -0.3 is 10.2 Å². The monoisotopic (exact) mass is 289 g/mol. The lowest BCUT2D eigenvalue weighted by atomic mass is 9.94. The van der Waals surface area contributed by atoms with Crippen molar-refractivity contribution in [3.8, 4) is 0 Å². The van der Waals surface area contributed by atoms with Crippen LogP contribution in [0.2, 0.25) is 0 Å². The summed E-state index contributed by atoms with van der Waals surface area (Å²) >= 11 is 0. The van der Waals surface area contributed by atoms with Crippen LogP contribution in [-0.4, -0.2) is 42.0 Å². The normalized spacial score (nSPS) is 16.1. The molecule has 1 aromatic rings. The number of hydrogen-bond acceptors (Lipinski definition) is 3. The molecule has 0 saturated heterocycles. The van der Waals surface area contributed by atoms with Crippen molar-refractivity contribution in [3.05, 3.63) is 29.6 Å². The van der Waals surface area contributed by atoms with Gasteiger partial charge in [0.2, 0.25) is 0 Å². The van der Waals surface area contributed by atoms with Crippen LogP contribution in [0.1, 0.15) is 54.7 Å². The molecular weight excluding hydrogens is 262 g/mol. The number of nitrogens with zero attached hydrogens (tertiary/aromatic N) is 2. The van der Waals surface area contributed by atoms with E-state index in [1.54, 1.807) is 6.07 Å². The molecule has 4 nitrogen and oxygen atoms in total. The summed E-state index contributed by atoms with van der Waals surface area (Å²) < 4.78 is 0. The Bertz CT molecular complexity index is 455. The maximum absolute atomic E-state index is 12.0. The first-order valence-corrected chi connectivity index (χ1v) is 8.09. The first kappa shape index (κ1) is 16.0. The minimum absolute atomic E-state index is 0.0704. The summed E-state index contributed by atoms with van der Waals surface area (Å²) in [6.07, 6.45) is 7.77. The summed E-state index contributed by atoms with van der Waals surface area (Å²) in [7, 11) is 2.21. The van der Waals surface area contributed by atoms with Gasteiger partial charge in [-0.3, -0.25) is 4.79 Å². The summed E-state index contributed by atoms with van der Waals surface area (Å²) in [6.45, 7) is 3.66. The highest BCUT2D eigenvalue weighted by Gasteiger charge is 2.17. The minimum atomic E-state index is -0.0704. The van der Waals surface area contributed by atoms with Crippen LogP contribution < -0.4 is 5.32 Å². The van der Waals surface area contributed by atoms with E-state index >= 15 is 0 Å². The summed E-state index contributed by atoms with van der Waals surface area (Å²) in [4.78, 5) is 18.6. The SMILES string of the molecule is Cc1cccc(C(=O)NCCCN(C)C2CCCCC2)n1. The molecule has 1 heterocycles. The van der Waals surface area contributed by atoms with E-state index in [0.717, 1.165) is 24.7 Å². The van der Waals surface area contributed by atoms with Crippen molar-refractivity contribution in [1.29, 1.82) is 0 Å². The molecule has 1 saturated carbocycles. The Hall–Kier alpha value is -1.42. The molecule has 2 rings (SSSR count). The van der Waals surface area contributed by atoms with Gasteiger partial charge in [-0.1, -0.05) is 25.3 Å². The fourth-order valence-corrected chi connectivity index (χ4v) is 2.99. The quantitative estimate of drug-likeness (QED) is 0.819. The zero-order valence-corrected chi connectivity index (χ0v) is 13.3. The molecule has 0 radical (unpaired) electrons. The second kappa shape index (κ2) is 8.13. The molecule has 21 heavy (non-hydrogen) atoms. The average molecular weight is 289 g/mol. The molecule has 0 unspecified atom stereocenters. The zero-order valence-electron chi connectivity index (χ0n) is 13.3. The first-order chi connectivity index (χ1) is 10.2. The molecule has 0 atom stereocenters. The van der Waals surface area contributed by atoms with Crippen LogP contribution in [0.15, 0.2) is 18.2 Å². The highest BCUT2D eigenvalue weighted by atomic mass is 16.1. The Labute approximate surface area is 127 Å². The number of aryl methyl sites for hydroxylation is 1. The van der Waals surface area contributed by atoms with Crippen LogP contribution in [0.4, 0.5) is 0 Å². The van der Waals surface area contributed by atoms with Crippen LogP contribution in [0.25, 0.3) is 0 Å². The van der Waals surface area contributed by atoms with Crippen LogP contribution >= 0.6 is 0 Å². The van der Waals surface area contributed by atoms with Gasteiger partial charge >= 0.3 is 0 Å². The summed E-state index contributed by atoms with van der Waals surface area (Å²) in [5.41, 5.74) is 1.38. The fraction of sp³-hybridized carbons (Fsp3) is 0.647. The van der Waals surface area contributed by atoms with Gasteiger partial charge in [0, 0.05) is 18.3 Å². The minimum Gasteiger partial charge on any atom is -0.351 e. The van der Waals surface area contributed by atoms with Gasteiger partial charge in [-0.05, 0) is 51.9 Å². The van der Waals surface area contributed by atoms with E-state index in [4.69, 9.17) is 0 Å². The van der Waals surface area contributed by atoms with Crippen LogP contribution in [0, 0.1) is 6.92 Å². The number of nitrogens with one attached hydrogen (secondary N) is 1. The fourth-order valence-electron chi connectivity index (χ4n) is 2.99. The predicted octanol–water partition coefficient (Wildman–Crippen LogP) is 2.77. The lowest BCUT2D eigenvalue weighted by Crippen LogP contribution is -2.36. The number of pyridine rings is 1. The maximum Gasteiger partial charge on any atom is 0.269 e. The van der Waals surface area contributed by atoms with Gasteiger partial charge in [-0.2, -0.15) is 0 Å². The van der Waals surface area contributed by atoms with Crippen molar-refractivity contribution in [1.82, 2.24) is 15.2 Å². The maximum atomic E-state index is 12.0. The number of carbonyl (C=O) groups is 1. The third kappa shape index (κ3) is 5.12. The van der Waals surface area contributed by atoms with E-state index in [9.17, 15) is 4.79 Å². The smallest absolute Gasteiger partial charge is 0.269 e. The highest BCUT2D eigenvalue weighted by molar-refractivity contribution is 5.92. The van der Waals surface area contributed by atoms with Crippen molar-refractivity contribution in [3.63, 3.8) is 0 Å². The van der Waals surface area contributed by atoms with Gasteiger partial charge in [0.15, 0.2) is 0 Å². The molecule has 0 spiro atoms. The van der Waals surface area contributed by atoms with E-state index < -0.39 is 0 Å². The van der Waals surface area contributed by atoms with Gasteiger partial charge in [-0.25, -0.2) is 4.98 Å². The van der Waals surface area contributed by atoms with Crippen LogP contribution in [0.5, 0.6) is 0 Å². The third-order valence-corrected chi connectivity index (χ3v) is 4.29. The molecule has 0 bridgehead atoms. The Morgan fingerprint density at radius 2 is 2.10 bits per heavy atom. The largest absolute Gasteiger partial charge is 0.351 e. The molecule has 0 aliphatic heterocycles. The Morgan fingerprint density at radius 3 is 2.81 bits per heavy atom. The first-order valence-electron chi connectivity index (χ1n) is 8.09.